The van der Waals surface area contributed by atoms with E-state index < -0.39 is 23.0 Å². The summed E-state index contributed by atoms with van der Waals surface area (Å²) >= 11 is 11.3. The minimum absolute atomic E-state index is 0.0239. The van der Waals surface area contributed by atoms with Crippen molar-refractivity contribution in [2.45, 2.75) is 11.8 Å². The monoisotopic (exact) mass is 322 g/mol. The van der Waals surface area contributed by atoms with E-state index in [0.29, 0.717) is 0 Å². The fourth-order valence-corrected chi connectivity index (χ4v) is 2.28. The Morgan fingerprint density at radius 1 is 0.700 bits per heavy atom. The van der Waals surface area contributed by atoms with Crippen molar-refractivity contribution in [3.63, 3.8) is 0 Å². The molecule has 0 aliphatic rings. The Hall–Kier alpha value is -1.26. The van der Waals surface area contributed by atoms with Crippen LogP contribution in [0.5, 0.6) is 0 Å². The summed E-state index contributed by atoms with van der Waals surface area (Å²) in [5.74, 6) is 0. The van der Waals surface area contributed by atoms with Crippen LogP contribution in [0.4, 0.5) is 17.6 Å². The van der Waals surface area contributed by atoms with E-state index in [-0.39, 0.29) is 10.0 Å². The van der Waals surface area contributed by atoms with E-state index in [2.05, 4.69) is 0 Å². The molecule has 0 aliphatic carbocycles. The fraction of sp³-hybridized carbons (Fsp3) is 0.143. The second-order valence-electron chi connectivity index (χ2n) is 4.18. The Balaban J connectivity index is 2.69. The van der Waals surface area contributed by atoms with Gasteiger partial charge in [-0.3, -0.25) is 0 Å². The van der Waals surface area contributed by atoms with Gasteiger partial charge in [0.2, 0.25) is 0 Å². The average molecular weight is 323 g/mol. The Morgan fingerprint density at radius 2 is 1.10 bits per heavy atom. The van der Waals surface area contributed by atoms with Gasteiger partial charge in [0.05, 0.1) is 0 Å². The van der Waals surface area contributed by atoms with E-state index in [9.17, 15) is 17.6 Å². The van der Waals surface area contributed by atoms with E-state index in [0.717, 1.165) is 24.3 Å². The van der Waals surface area contributed by atoms with Crippen LogP contribution in [-0.2, 0) is 5.67 Å². The van der Waals surface area contributed by atoms with Gasteiger partial charge in [-0.05, 0) is 24.3 Å². The van der Waals surface area contributed by atoms with Crippen molar-refractivity contribution in [2.75, 3.05) is 0 Å². The Kier molecular flexibility index (Phi) is 3.98. The molecular weight excluding hydrogens is 315 g/mol. The molecule has 0 bridgehead atoms. The van der Waals surface area contributed by atoms with Crippen molar-refractivity contribution in [3.8, 4) is 0 Å². The Bertz CT molecular complexity index is 577. The first-order valence-corrected chi connectivity index (χ1v) is 6.28. The normalized spacial score (nSPS) is 12.5. The topological polar surface area (TPSA) is 0 Å². The quantitative estimate of drug-likeness (QED) is 0.616. The van der Waals surface area contributed by atoms with E-state index in [1.54, 1.807) is 0 Å². The van der Waals surface area contributed by atoms with Gasteiger partial charge in [0, 0.05) is 21.2 Å². The van der Waals surface area contributed by atoms with E-state index in [1.807, 2.05) is 0 Å². The molecule has 0 saturated heterocycles. The van der Waals surface area contributed by atoms with Gasteiger partial charge in [0.1, 0.15) is 0 Å². The summed E-state index contributed by atoms with van der Waals surface area (Å²) in [4.78, 5) is 0. The first-order chi connectivity index (χ1) is 9.25. The highest BCUT2D eigenvalue weighted by Crippen LogP contribution is 2.48. The minimum Gasteiger partial charge on any atom is -0.223 e. The molecule has 0 N–H and O–H groups in total. The molecule has 0 saturated carbocycles. The summed E-state index contributed by atoms with van der Waals surface area (Å²) in [5.41, 5.74) is -4.83. The van der Waals surface area contributed by atoms with Crippen LogP contribution in [0.3, 0.4) is 0 Å². The molecule has 2 aromatic rings. The summed E-state index contributed by atoms with van der Waals surface area (Å²) in [7, 11) is 0. The largest absolute Gasteiger partial charge is 0.431 e. The van der Waals surface area contributed by atoms with Crippen LogP contribution in [0.1, 0.15) is 11.1 Å². The number of alkyl halides is 4. The summed E-state index contributed by atoms with van der Waals surface area (Å²) in [6.45, 7) is 0. The molecule has 0 radical (unpaired) electrons. The number of hydrogen-bond donors (Lipinski definition) is 0. The summed E-state index contributed by atoms with van der Waals surface area (Å²) in [6.07, 6.45) is -5.14. The van der Waals surface area contributed by atoms with Gasteiger partial charge >= 0.3 is 6.18 Å². The predicted octanol–water partition coefficient (Wildman–Crippen LogP) is 5.77. The molecule has 0 atom stereocenters. The second-order valence-corrected chi connectivity index (χ2v) is 5.05. The smallest absolute Gasteiger partial charge is 0.223 e. The molecular formula is C14H8Cl2F4. The zero-order valence-corrected chi connectivity index (χ0v) is 11.4. The maximum absolute atomic E-state index is 14.9. The summed E-state index contributed by atoms with van der Waals surface area (Å²) < 4.78 is 54.7. The number of hydrogen-bond acceptors (Lipinski definition) is 0. The molecule has 0 nitrogen and oxygen atoms in total. The van der Waals surface area contributed by atoms with E-state index >= 15 is 0 Å². The zero-order chi connectivity index (χ0) is 15.0. The molecule has 2 rings (SSSR count). The molecule has 106 valence electrons. The molecule has 2 aromatic carbocycles. The van der Waals surface area contributed by atoms with Crippen LogP contribution in [-0.4, -0.2) is 6.18 Å². The van der Waals surface area contributed by atoms with Crippen molar-refractivity contribution in [1.82, 2.24) is 0 Å². The van der Waals surface area contributed by atoms with Gasteiger partial charge in [0.15, 0.2) is 0 Å². The second kappa shape index (κ2) is 5.26. The van der Waals surface area contributed by atoms with Crippen LogP contribution < -0.4 is 0 Å². The highest BCUT2D eigenvalue weighted by molar-refractivity contribution is 6.31. The van der Waals surface area contributed by atoms with Gasteiger partial charge in [-0.25, -0.2) is 4.39 Å². The van der Waals surface area contributed by atoms with Crippen LogP contribution in [0.2, 0.25) is 10.0 Å². The van der Waals surface area contributed by atoms with Gasteiger partial charge in [-0.15, -0.1) is 0 Å². The highest BCUT2D eigenvalue weighted by Gasteiger charge is 2.58. The number of rotatable bonds is 2. The van der Waals surface area contributed by atoms with Crippen LogP contribution in [0.15, 0.2) is 48.5 Å². The van der Waals surface area contributed by atoms with Crippen molar-refractivity contribution in [2.24, 2.45) is 0 Å². The third kappa shape index (κ3) is 2.63. The number of benzene rings is 2. The molecule has 0 fully saturated rings. The maximum Gasteiger partial charge on any atom is 0.431 e. The molecule has 0 unspecified atom stereocenters. The van der Waals surface area contributed by atoms with Crippen molar-refractivity contribution in [3.05, 3.63) is 69.7 Å². The molecule has 0 amide bonds. The molecule has 0 heterocycles. The number of halogens is 6. The lowest BCUT2D eigenvalue weighted by atomic mass is 9.87. The van der Waals surface area contributed by atoms with E-state index in [4.69, 9.17) is 23.2 Å². The summed E-state index contributed by atoms with van der Waals surface area (Å²) in [5, 5.41) is 0.0478. The minimum atomic E-state index is -5.14. The van der Waals surface area contributed by atoms with Gasteiger partial charge in [0.25, 0.3) is 5.67 Å². The molecule has 0 aliphatic heterocycles. The third-order valence-corrected chi connectivity index (χ3v) is 3.31. The lowest BCUT2D eigenvalue weighted by Crippen LogP contribution is -2.39. The fourth-order valence-electron chi connectivity index (χ4n) is 1.90. The molecule has 20 heavy (non-hydrogen) atoms. The lowest BCUT2D eigenvalue weighted by Gasteiger charge is -2.29. The average Bonchev–Trinajstić information content (AvgIpc) is 2.36. The Morgan fingerprint density at radius 3 is 1.40 bits per heavy atom. The van der Waals surface area contributed by atoms with Crippen LogP contribution >= 0.6 is 23.2 Å². The molecule has 0 aromatic heterocycles. The van der Waals surface area contributed by atoms with Gasteiger partial charge < -0.3 is 0 Å². The molecule has 0 spiro atoms. The van der Waals surface area contributed by atoms with Crippen LogP contribution in [0.25, 0.3) is 0 Å². The SMILES string of the molecule is FC(F)(F)C(F)(c1cccc(Cl)c1)c1cccc(Cl)c1. The van der Waals surface area contributed by atoms with Crippen molar-refractivity contribution >= 4 is 23.2 Å². The van der Waals surface area contributed by atoms with Crippen molar-refractivity contribution < 1.29 is 17.6 Å². The first-order valence-electron chi connectivity index (χ1n) is 5.53. The first kappa shape index (κ1) is 15.1. The maximum atomic E-state index is 14.9. The predicted molar refractivity (Wildman–Crippen MR) is 70.8 cm³/mol. The Labute approximate surface area is 122 Å². The standard InChI is InChI=1S/C14H8Cl2F4/c15-11-5-1-3-9(7-11)13(17,14(18,19)20)10-4-2-6-12(16)8-10/h1-8H. The van der Waals surface area contributed by atoms with Gasteiger partial charge in [-0.2, -0.15) is 13.2 Å². The lowest BCUT2D eigenvalue weighted by molar-refractivity contribution is -0.219. The summed E-state index contributed by atoms with van der Waals surface area (Å²) in [6, 6.07) is 9.27. The van der Waals surface area contributed by atoms with Crippen LogP contribution in [0, 0.1) is 0 Å². The molecule has 6 heteroatoms. The third-order valence-electron chi connectivity index (χ3n) is 2.84. The van der Waals surface area contributed by atoms with Crippen molar-refractivity contribution in [1.29, 1.82) is 0 Å². The van der Waals surface area contributed by atoms with E-state index in [1.165, 1.54) is 24.3 Å². The zero-order valence-electron chi connectivity index (χ0n) is 9.89. The highest BCUT2D eigenvalue weighted by atomic mass is 35.5. The van der Waals surface area contributed by atoms with Gasteiger partial charge in [-0.1, -0.05) is 47.5 Å².